The van der Waals surface area contributed by atoms with Crippen molar-refractivity contribution in [3.8, 4) is 0 Å². The zero-order chi connectivity index (χ0) is 14.0. The Balaban J connectivity index is 2.46. The third kappa shape index (κ3) is 3.13. The summed E-state index contributed by atoms with van der Waals surface area (Å²) < 4.78 is 39.3. The molecule has 3 nitrogen and oxygen atoms in total. The maximum absolute atomic E-state index is 12.6. The van der Waals surface area contributed by atoms with Gasteiger partial charge in [-0.15, -0.1) is 0 Å². The van der Waals surface area contributed by atoms with Crippen LogP contribution in [0.2, 0.25) is 0 Å². The van der Waals surface area contributed by atoms with Crippen molar-refractivity contribution in [2.45, 2.75) is 49.5 Å². The number of aromatic nitrogens is 2. The molecule has 1 aliphatic carbocycles. The monoisotopic (exact) mass is 292 g/mol. The highest BCUT2D eigenvalue weighted by atomic mass is 32.2. The second-order valence-electron chi connectivity index (χ2n) is 4.63. The topological polar surface area (TPSA) is 34.9 Å². The second-order valence-corrected chi connectivity index (χ2v) is 5.40. The van der Waals surface area contributed by atoms with Crippen LogP contribution in [0, 0.1) is 0 Å². The molecule has 2 rings (SSSR count). The molecule has 19 heavy (non-hydrogen) atoms. The van der Waals surface area contributed by atoms with Gasteiger partial charge in [0.1, 0.15) is 0 Å². The van der Waals surface area contributed by atoms with E-state index >= 15 is 0 Å². The molecule has 1 heterocycles. The number of hydrogen-bond acceptors (Lipinski definition) is 3. The Morgan fingerprint density at radius 1 is 1.32 bits per heavy atom. The Hall–Kier alpha value is -0.980. The molecule has 1 fully saturated rings. The van der Waals surface area contributed by atoms with Crippen molar-refractivity contribution in [2.75, 3.05) is 6.26 Å². The molecule has 0 bridgehead atoms. The van der Waals surface area contributed by atoms with Crippen LogP contribution in [-0.4, -0.2) is 15.8 Å². The highest BCUT2D eigenvalue weighted by Crippen LogP contribution is 2.32. The normalized spacial score (nSPS) is 17.7. The van der Waals surface area contributed by atoms with Gasteiger partial charge in [-0.25, -0.2) is 4.98 Å². The van der Waals surface area contributed by atoms with E-state index in [-0.39, 0.29) is 11.2 Å². The summed E-state index contributed by atoms with van der Waals surface area (Å²) in [6, 6.07) is 0.590. The first-order valence-corrected chi connectivity index (χ1v) is 7.40. The quantitative estimate of drug-likeness (QED) is 0.618. The van der Waals surface area contributed by atoms with E-state index in [1.807, 2.05) is 0 Å². The van der Waals surface area contributed by atoms with Crippen LogP contribution in [0.5, 0.6) is 0 Å². The van der Waals surface area contributed by atoms with E-state index in [0.29, 0.717) is 6.07 Å². The average Bonchev–Trinajstić information content (AvgIpc) is 2.37. The molecule has 0 unspecified atom stereocenters. The predicted octanol–water partition coefficient (Wildman–Crippen LogP) is 3.49. The van der Waals surface area contributed by atoms with Crippen molar-refractivity contribution in [1.82, 2.24) is 9.55 Å². The maximum Gasteiger partial charge on any atom is 0.433 e. The van der Waals surface area contributed by atoms with Gasteiger partial charge in [-0.05, 0) is 19.1 Å². The van der Waals surface area contributed by atoms with Gasteiger partial charge in [0, 0.05) is 12.1 Å². The zero-order valence-corrected chi connectivity index (χ0v) is 11.4. The van der Waals surface area contributed by atoms with Crippen molar-refractivity contribution in [3.05, 3.63) is 22.1 Å². The Labute approximate surface area is 113 Å². The minimum absolute atomic E-state index is 0.0153. The van der Waals surface area contributed by atoms with Crippen molar-refractivity contribution < 1.29 is 13.2 Å². The van der Waals surface area contributed by atoms with E-state index < -0.39 is 17.4 Å². The summed E-state index contributed by atoms with van der Waals surface area (Å²) in [6.45, 7) is 0. The van der Waals surface area contributed by atoms with Crippen LogP contribution in [-0.2, 0) is 6.18 Å². The summed E-state index contributed by atoms with van der Waals surface area (Å²) in [6.07, 6.45) is 1.86. The van der Waals surface area contributed by atoms with Crippen LogP contribution in [0.4, 0.5) is 13.2 Å². The molecule has 0 aliphatic heterocycles. The molecule has 0 atom stereocenters. The molecule has 0 aromatic carbocycles. The highest BCUT2D eigenvalue weighted by Gasteiger charge is 2.34. The van der Waals surface area contributed by atoms with E-state index in [1.54, 1.807) is 6.26 Å². The molecule has 1 aliphatic rings. The summed E-state index contributed by atoms with van der Waals surface area (Å²) in [4.78, 5) is 15.6. The van der Waals surface area contributed by atoms with Crippen LogP contribution in [0.25, 0.3) is 0 Å². The lowest BCUT2D eigenvalue weighted by atomic mass is 9.95. The fraction of sp³-hybridized carbons (Fsp3) is 0.667. The third-order valence-corrected chi connectivity index (χ3v) is 3.99. The lowest BCUT2D eigenvalue weighted by molar-refractivity contribution is -0.141. The van der Waals surface area contributed by atoms with Crippen LogP contribution in [0.15, 0.2) is 16.0 Å². The Morgan fingerprint density at radius 3 is 2.47 bits per heavy atom. The molecular formula is C12H15F3N2OS. The van der Waals surface area contributed by atoms with Gasteiger partial charge in [0.2, 0.25) is 0 Å². The van der Waals surface area contributed by atoms with Crippen LogP contribution in [0.3, 0.4) is 0 Å². The summed E-state index contributed by atoms with van der Waals surface area (Å²) in [5.41, 5.74) is -1.70. The molecule has 0 amide bonds. The lowest BCUT2D eigenvalue weighted by Gasteiger charge is -2.25. The number of nitrogens with zero attached hydrogens (tertiary/aromatic N) is 2. The smallest absolute Gasteiger partial charge is 0.285 e. The number of rotatable bonds is 2. The third-order valence-electron chi connectivity index (χ3n) is 3.33. The largest absolute Gasteiger partial charge is 0.433 e. The van der Waals surface area contributed by atoms with Gasteiger partial charge in [-0.2, -0.15) is 13.2 Å². The van der Waals surface area contributed by atoms with Crippen LogP contribution in [0.1, 0.15) is 43.8 Å². The fourth-order valence-electron chi connectivity index (χ4n) is 2.43. The fourth-order valence-corrected chi connectivity index (χ4v) is 3.06. The number of halogens is 3. The molecule has 1 saturated carbocycles. The molecule has 1 aromatic rings. The van der Waals surface area contributed by atoms with E-state index in [2.05, 4.69) is 4.98 Å². The summed E-state index contributed by atoms with van der Waals surface area (Å²) in [5, 5.41) is 0.159. The van der Waals surface area contributed by atoms with Gasteiger partial charge in [0.25, 0.3) is 5.56 Å². The van der Waals surface area contributed by atoms with Crippen molar-refractivity contribution >= 4 is 11.8 Å². The Morgan fingerprint density at radius 2 is 1.95 bits per heavy atom. The predicted molar refractivity (Wildman–Crippen MR) is 67.4 cm³/mol. The summed E-state index contributed by atoms with van der Waals surface area (Å²) in [7, 11) is 0. The lowest BCUT2D eigenvalue weighted by Crippen LogP contribution is -2.30. The average molecular weight is 292 g/mol. The van der Waals surface area contributed by atoms with Crippen molar-refractivity contribution in [1.29, 1.82) is 0 Å². The van der Waals surface area contributed by atoms with Crippen molar-refractivity contribution in [2.24, 2.45) is 0 Å². The number of alkyl halides is 3. The van der Waals surface area contributed by atoms with E-state index in [0.717, 1.165) is 43.9 Å². The molecular weight excluding hydrogens is 277 g/mol. The van der Waals surface area contributed by atoms with Gasteiger partial charge in [-0.1, -0.05) is 31.0 Å². The Kier molecular flexibility index (Phi) is 4.23. The van der Waals surface area contributed by atoms with Gasteiger partial charge < -0.3 is 0 Å². The Bertz CT molecular complexity index is 507. The van der Waals surface area contributed by atoms with Gasteiger partial charge in [0.05, 0.1) is 0 Å². The minimum atomic E-state index is -4.57. The first-order chi connectivity index (χ1) is 8.93. The molecule has 0 N–H and O–H groups in total. The van der Waals surface area contributed by atoms with E-state index in [1.165, 1.54) is 4.57 Å². The molecule has 1 aromatic heterocycles. The second kappa shape index (κ2) is 5.56. The molecule has 7 heteroatoms. The number of thioether (sulfide) groups is 1. The van der Waals surface area contributed by atoms with Crippen molar-refractivity contribution in [3.63, 3.8) is 0 Å². The molecule has 0 spiro atoms. The first kappa shape index (κ1) is 14.4. The standard InChI is InChI=1S/C12H15F3N2OS/c1-19-11-16-9(12(13,14)15)7-10(18)17(11)8-5-3-2-4-6-8/h7-8H,2-6H2,1H3. The van der Waals surface area contributed by atoms with Gasteiger partial charge >= 0.3 is 6.18 Å². The van der Waals surface area contributed by atoms with E-state index in [9.17, 15) is 18.0 Å². The maximum atomic E-state index is 12.6. The highest BCUT2D eigenvalue weighted by molar-refractivity contribution is 7.98. The minimum Gasteiger partial charge on any atom is -0.285 e. The first-order valence-electron chi connectivity index (χ1n) is 6.18. The molecule has 0 saturated heterocycles. The zero-order valence-electron chi connectivity index (χ0n) is 10.5. The summed E-state index contributed by atoms with van der Waals surface area (Å²) >= 11 is 1.09. The van der Waals surface area contributed by atoms with Crippen LogP contribution >= 0.6 is 11.8 Å². The molecule has 106 valence electrons. The summed E-state index contributed by atoms with van der Waals surface area (Å²) in [5.74, 6) is 0. The van der Waals surface area contributed by atoms with Crippen LogP contribution < -0.4 is 5.56 Å². The van der Waals surface area contributed by atoms with Gasteiger partial charge in [-0.3, -0.25) is 9.36 Å². The van der Waals surface area contributed by atoms with E-state index in [4.69, 9.17) is 0 Å². The number of hydrogen-bond donors (Lipinski definition) is 0. The van der Waals surface area contributed by atoms with Gasteiger partial charge in [0.15, 0.2) is 10.9 Å². The SMILES string of the molecule is CSc1nc(C(F)(F)F)cc(=O)n1C1CCCCC1. The molecule has 0 radical (unpaired) electrons.